The molecule has 0 saturated heterocycles. The zero-order valence-corrected chi connectivity index (χ0v) is 9.26. The van der Waals surface area contributed by atoms with E-state index in [1.807, 2.05) is 18.5 Å². The Morgan fingerprint density at radius 1 is 1.67 bits per heavy atom. The van der Waals surface area contributed by atoms with Crippen molar-refractivity contribution in [1.29, 1.82) is 0 Å². The Bertz CT molecular complexity index is 296. The van der Waals surface area contributed by atoms with E-state index >= 15 is 0 Å². The molecule has 15 heavy (non-hydrogen) atoms. The molecule has 0 aromatic carbocycles. The zero-order valence-electron chi connectivity index (χ0n) is 9.26. The van der Waals surface area contributed by atoms with Gasteiger partial charge in [0.25, 0.3) is 0 Å². The highest BCUT2D eigenvalue weighted by atomic mass is 16.3. The van der Waals surface area contributed by atoms with Crippen LogP contribution in [0.4, 0.5) is 0 Å². The third-order valence-corrected chi connectivity index (χ3v) is 2.31. The first-order valence-electron chi connectivity index (χ1n) is 5.26. The third-order valence-electron chi connectivity index (χ3n) is 2.31. The second-order valence-electron chi connectivity index (χ2n) is 3.38. The Kier molecular flexibility index (Phi) is 5.07. The van der Waals surface area contributed by atoms with E-state index in [4.69, 9.17) is 5.11 Å². The molecule has 0 atom stereocenters. The highest BCUT2D eigenvalue weighted by Crippen LogP contribution is 2.02. The topological polar surface area (TPSA) is 41.3 Å². The van der Waals surface area contributed by atoms with Crippen molar-refractivity contribution in [2.45, 2.75) is 20.0 Å². The van der Waals surface area contributed by atoms with Crippen LogP contribution in [0.3, 0.4) is 0 Å². The molecule has 0 saturated carbocycles. The average Bonchev–Trinajstić information content (AvgIpc) is 2.66. The maximum atomic E-state index is 8.92. The summed E-state index contributed by atoms with van der Waals surface area (Å²) in [6.07, 6.45) is 5.62. The van der Waals surface area contributed by atoms with Crippen molar-refractivity contribution in [3.63, 3.8) is 0 Å². The first-order valence-corrected chi connectivity index (χ1v) is 5.26. The monoisotopic (exact) mass is 209 g/mol. The molecule has 0 unspecified atom stereocenters. The molecule has 4 heteroatoms. The number of hydrogen-bond donors (Lipinski definition) is 1. The molecule has 0 aliphatic carbocycles. The number of aliphatic hydroxyl groups is 1. The Morgan fingerprint density at radius 2 is 2.47 bits per heavy atom. The smallest absolute Gasteiger partial charge is 0.122 e. The lowest BCUT2D eigenvalue weighted by atomic mass is 10.4. The summed E-state index contributed by atoms with van der Waals surface area (Å²) in [5.74, 6) is 1.04. The molecule has 0 amide bonds. The summed E-state index contributed by atoms with van der Waals surface area (Å²) in [5.41, 5.74) is 0. The van der Waals surface area contributed by atoms with Gasteiger partial charge in [0.1, 0.15) is 5.82 Å². The van der Waals surface area contributed by atoms with Crippen molar-refractivity contribution in [1.82, 2.24) is 14.5 Å². The van der Waals surface area contributed by atoms with E-state index in [1.165, 1.54) is 0 Å². The highest BCUT2D eigenvalue weighted by Gasteiger charge is 2.07. The summed E-state index contributed by atoms with van der Waals surface area (Å²) in [5, 5.41) is 8.92. The van der Waals surface area contributed by atoms with Gasteiger partial charge in [-0.3, -0.25) is 4.90 Å². The van der Waals surface area contributed by atoms with E-state index in [-0.39, 0.29) is 6.61 Å². The fourth-order valence-electron chi connectivity index (χ4n) is 1.54. The number of rotatable bonds is 7. The van der Waals surface area contributed by atoms with Gasteiger partial charge in [0.05, 0.1) is 13.2 Å². The van der Waals surface area contributed by atoms with Gasteiger partial charge in [-0.25, -0.2) is 4.98 Å². The number of aromatic nitrogens is 2. The lowest BCUT2D eigenvalue weighted by Gasteiger charge is -2.19. The van der Waals surface area contributed by atoms with Crippen LogP contribution in [0.1, 0.15) is 12.7 Å². The summed E-state index contributed by atoms with van der Waals surface area (Å²) >= 11 is 0. The van der Waals surface area contributed by atoms with Crippen molar-refractivity contribution in [2.75, 3.05) is 19.7 Å². The molecule has 1 N–H and O–H groups in total. The predicted molar refractivity (Wildman–Crippen MR) is 60.5 cm³/mol. The molecular formula is C11H19N3O. The first kappa shape index (κ1) is 11.9. The molecule has 1 heterocycles. The second kappa shape index (κ2) is 6.37. The Balaban J connectivity index is 2.60. The molecule has 0 bridgehead atoms. The fraction of sp³-hybridized carbons (Fsp3) is 0.545. The minimum atomic E-state index is 0.167. The van der Waals surface area contributed by atoms with Crippen molar-refractivity contribution in [2.24, 2.45) is 0 Å². The Morgan fingerprint density at radius 3 is 3.07 bits per heavy atom. The molecular weight excluding hydrogens is 190 g/mol. The van der Waals surface area contributed by atoms with Crippen LogP contribution in [0.15, 0.2) is 25.0 Å². The quantitative estimate of drug-likeness (QED) is 0.678. The van der Waals surface area contributed by atoms with Gasteiger partial charge in [0.2, 0.25) is 0 Å². The molecule has 1 rings (SSSR count). The molecule has 0 aliphatic heterocycles. The van der Waals surface area contributed by atoms with Gasteiger partial charge in [0, 0.05) is 32.0 Å². The van der Waals surface area contributed by atoms with Crippen LogP contribution in [0.25, 0.3) is 0 Å². The molecule has 0 radical (unpaired) electrons. The van der Waals surface area contributed by atoms with E-state index in [2.05, 4.69) is 28.0 Å². The molecule has 1 aromatic rings. The predicted octanol–water partition coefficient (Wildman–Crippen LogP) is 0.883. The first-order chi connectivity index (χ1) is 7.31. The van der Waals surface area contributed by atoms with Crippen LogP contribution in [0.5, 0.6) is 0 Å². The van der Waals surface area contributed by atoms with E-state index in [9.17, 15) is 0 Å². The zero-order chi connectivity index (χ0) is 11.1. The summed E-state index contributed by atoms with van der Waals surface area (Å²) in [4.78, 5) is 6.41. The summed E-state index contributed by atoms with van der Waals surface area (Å²) in [6, 6.07) is 0. The molecule has 0 spiro atoms. The molecule has 84 valence electrons. The van der Waals surface area contributed by atoms with Gasteiger partial charge in [-0.05, 0) is 6.92 Å². The largest absolute Gasteiger partial charge is 0.395 e. The summed E-state index contributed by atoms with van der Waals surface area (Å²) in [6.45, 7) is 9.08. The van der Waals surface area contributed by atoms with Gasteiger partial charge in [-0.1, -0.05) is 6.08 Å². The standard InChI is InChI=1S/C11H19N3O/c1-3-6-13(8-9-15)10-11-12-5-7-14(11)4-2/h3,5,7,15H,1,4,6,8-10H2,2H3. The van der Waals surface area contributed by atoms with Gasteiger partial charge in [0.15, 0.2) is 0 Å². The fourth-order valence-corrected chi connectivity index (χ4v) is 1.54. The van der Waals surface area contributed by atoms with Gasteiger partial charge in [-0.15, -0.1) is 6.58 Å². The van der Waals surface area contributed by atoms with Crippen LogP contribution >= 0.6 is 0 Å². The molecule has 0 aliphatic rings. The van der Waals surface area contributed by atoms with Crippen molar-refractivity contribution >= 4 is 0 Å². The van der Waals surface area contributed by atoms with Crippen molar-refractivity contribution in [3.8, 4) is 0 Å². The van der Waals surface area contributed by atoms with Gasteiger partial charge < -0.3 is 9.67 Å². The maximum absolute atomic E-state index is 8.92. The number of nitrogens with zero attached hydrogens (tertiary/aromatic N) is 3. The molecule has 1 aromatic heterocycles. The molecule has 0 fully saturated rings. The minimum absolute atomic E-state index is 0.167. The van der Waals surface area contributed by atoms with E-state index < -0.39 is 0 Å². The Hall–Kier alpha value is -1.13. The second-order valence-corrected chi connectivity index (χ2v) is 3.38. The van der Waals surface area contributed by atoms with Crippen LogP contribution in [0, 0.1) is 0 Å². The highest BCUT2D eigenvalue weighted by molar-refractivity contribution is 4.92. The van der Waals surface area contributed by atoms with Gasteiger partial charge in [-0.2, -0.15) is 0 Å². The SMILES string of the molecule is C=CCN(CCO)Cc1nccn1CC. The number of hydrogen-bond acceptors (Lipinski definition) is 3. The van der Waals surface area contributed by atoms with E-state index in [0.29, 0.717) is 6.54 Å². The summed E-state index contributed by atoms with van der Waals surface area (Å²) < 4.78 is 2.10. The number of aliphatic hydroxyl groups excluding tert-OH is 1. The maximum Gasteiger partial charge on any atom is 0.122 e. The lowest BCUT2D eigenvalue weighted by Crippen LogP contribution is -2.28. The average molecular weight is 209 g/mol. The Labute approximate surface area is 90.9 Å². The van der Waals surface area contributed by atoms with Gasteiger partial charge >= 0.3 is 0 Å². The minimum Gasteiger partial charge on any atom is -0.395 e. The van der Waals surface area contributed by atoms with Crippen molar-refractivity contribution in [3.05, 3.63) is 30.9 Å². The van der Waals surface area contributed by atoms with E-state index in [0.717, 1.165) is 25.5 Å². The van der Waals surface area contributed by atoms with Crippen LogP contribution < -0.4 is 0 Å². The van der Waals surface area contributed by atoms with E-state index in [1.54, 1.807) is 0 Å². The van der Waals surface area contributed by atoms with Crippen LogP contribution in [-0.2, 0) is 13.1 Å². The number of imidazole rings is 1. The van der Waals surface area contributed by atoms with Crippen molar-refractivity contribution < 1.29 is 5.11 Å². The molecule has 4 nitrogen and oxygen atoms in total. The normalized spacial score (nSPS) is 10.9. The van der Waals surface area contributed by atoms with Crippen LogP contribution in [0.2, 0.25) is 0 Å². The number of aryl methyl sites for hydroxylation is 1. The third kappa shape index (κ3) is 3.49. The lowest BCUT2D eigenvalue weighted by molar-refractivity contribution is 0.199. The summed E-state index contributed by atoms with van der Waals surface area (Å²) in [7, 11) is 0. The van der Waals surface area contributed by atoms with Crippen LogP contribution in [-0.4, -0.2) is 39.3 Å².